The highest BCUT2D eigenvalue weighted by atomic mass is 16.5. The monoisotopic (exact) mass is 696 g/mol. The lowest BCUT2D eigenvalue weighted by Gasteiger charge is -2.29. The number of para-hydroxylation sites is 1. The van der Waals surface area contributed by atoms with Crippen molar-refractivity contribution >= 4 is 34.7 Å². The summed E-state index contributed by atoms with van der Waals surface area (Å²) in [4.78, 5) is 7.27. The second kappa shape index (κ2) is 14.7. The molecule has 9 rings (SSSR count). The van der Waals surface area contributed by atoms with Crippen LogP contribution >= 0.6 is 0 Å². The van der Waals surface area contributed by atoms with Crippen molar-refractivity contribution in [3.8, 4) is 33.4 Å². The van der Waals surface area contributed by atoms with Gasteiger partial charge in [0, 0.05) is 28.1 Å². The second-order valence-corrected chi connectivity index (χ2v) is 14.0. The third-order valence-electron chi connectivity index (χ3n) is 10.5. The van der Waals surface area contributed by atoms with E-state index in [1.54, 1.807) is 6.26 Å². The standard InChI is InChI=1S/C51H40N2O/c1-36-48-31-30-47(35-44(48)32-33-54-51(52-36)45-25-24-38-14-8-9-17-43(38)34-45)53(50-19-11-10-18-49(50)42-15-6-3-7-16-42)46-28-26-41(27-29-46)40-22-20-39(21-23-40)37-12-4-2-5-13-37/h2-7,10-13,15-16,18-35H,1,8-9,14,17H2/b33-32-,52-51-. The van der Waals surface area contributed by atoms with Crippen LogP contribution in [0.3, 0.4) is 0 Å². The summed E-state index contributed by atoms with van der Waals surface area (Å²) in [6.45, 7) is 4.41. The molecular weight excluding hydrogens is 657 g/mol. The fraction of sp³-hybridized carbons (Fsp3) is 0.0784. The first-order chi connectivity index (χ1) is 26.7. The summed E-state index contributed by atoms with van der Waals surface area (Å²) in [6.07, 6.45) is 8.52. The van der Waals surface area contributed by atoms with Crippen molar-refractivity contribution in [1.29, 1.82) is 0 Å². The Morgan fingerprint density at radius 3 is 1.78 bits per heavy atom. The number of ether oxygens (including phenoxy) is 1. The number of aliphatic imine (C=N–C) groups is 1. The van der Waals surface area contributed by atoms with Crippen LogP contribution in [-0.2, 0) is 17.6 Å². The van der Waals surface area contributed by atoms with Gasteiger partial charge in [0.25, 0.3) is 0 Å². The molecule has 2 aliphatic rings. The van der Waals surface area contributed by atoms with Crippen molar-refractivity contribution in [1.82, 2.24) is 0 Å². The van der Waals surface area contributed by atoms with Gasteiger partial charge < -0.3 is 9.64 Å². The third kappa shape index (κ3) is 6.68. The third-order valence-corrected chi connectivity index (χ3v) is 10.5. The number of aryl methyl sites for hydroxylation is 2. The molecule has 0 saturated carbocycles. The number of nitrogens with zero attached hydrogens (tertiary/aromatic N) is 2. The first-order valence-electron chi connectivity index (χ1n) is 18.8. The lowest BCUT2D eigenvalue weighted by Crippen LogP contribution is -2.12. The number of fused-ring (bicyclic) bond motifs is 2. The molecule has 0 amide bonds. The quantitative estimate of drug-likeness (QED) is 0.166. The van der Waals surface area contributed by atoms with Crippen LogP contribution in [0.25, 0.3) is 45.2 Å². The van der Waals surface area contributed by atoms with Gasteiger partial charge in [-0.1, -0.05) is 134 Å². The molecule has 0 radical (unpaired) electrons. The molecule has 1 aliphatic heterocycles. The first-order valence-corrected chi connectivity index (χ1v) is 18.8. The largest absolute Gasteiger partial charge is 0.446 e. The fourth-order valence-electron chi connectivity index (χ4n) is 7.72. The molecule has 0 aromatic heterocycles. The molecule has 0 spiro atoms. The summed E-state index contributed by atoms with van der Waals surface area (Å²) < 4.78 is 6.22. The van der Waals surface area contributed by atoms with Crippen LogP contribution in [0.2, 0.25) is 0 Å². The molecule has 260 valence electrons. The highest BCUT2D eigenvalue weighted by molar-refractivity contribution is 5.99. The normalized spacial score (nSPS) is 15.0. The van der Waals surface area contributed by atoms with E-state index in [4.69, 9.17) is 9.73 Å². The maximum Gasteiger partial charge on any atom is 0.226 e. The average Bonchev–Trinajstić information content (AvgIpc) is 3.24. The minimum Gasteiger partial charge on any atom is -0.446 e. The second-order valence-electron chi connectivity index (χ2n) is 14.0. The van der Waals surface area contributed by atoms with Gasteiger partial charge in [-0.2, -0.15) is 0 Å². The van der Waals surface area contributed by atoms with Crippen LogP contribution in [0, 0.1) is 0 Å². The molecule has 3 heteroatoms. The van der Waals surface area contributed by atoms with Crippen molar-refractivity contribution < 1.29 is 4.74 Å². The van der Waals surface area contributed by atoms with E-state index in [0.717, 1.165) is 63.3 Å². The molecule has 0 bridgehead atoms. The maximum atomic E-state index is 6.22. The summed E-state index contributed by atoms with van der Waals surface area (Å²) in [6, 6.07) is 60.5. The van der Waals surface area contributed by atoms with Crippen LogP contribution < -0.4 is 4.90 Å². The summed E-state index contributed by atoms with van der Waals surface area (Å²) in [5.41, 5.74) is 16.7. The van der Waals surface area contributed by atoms with Crippen molar-refractivity contribution in [2.75, 3.05) is 4.90 Å². The first kappa shape index (κ1) is 33.1. The number of benzene rings is 7. The van der Waals surface area contributed by atoms with Gasteiger partial charge in [-0.05, 0) is 119 Å². The Morgan fingerprint density at radius 2 is 1.06 bits per heavy atom. The maximum absolute atomic E-state index is 6.22. The lowest BCUT2D eigenvalue weighted by molar-refractivity contribution is 0.477. The van der Waals surface area contributed by atoms with Crippen LogP contribution in [-0.4, -0.2) is 5.90 Å². The van der Waals surface area contributed by atoms with Gasteiger partial charge in [-0.15, -0.1) is 0 Å². The Labute approximate surface area is 317 Å². The van der Waals surface area contributed by atoms with Gasteiger partial charge >= 0.3 is 0 Å². The van der Waals surface area contributed by atoms with Gasteiger partial charge in [-0.25, -0.2) is 4.99 Å². The predicted octanol–water partition coefficient (Wildman–Crippen LogP) is 13.5. The molecule has 1 heterocycles. The summed E-state index contributed by atoms with van der Waals surface area (Å²) >= 11 is 0. The van der Waals surface area contributed by atoms with E-state index in [0.29, 0.717) is 11.6 Å². The summed E-state index contributed by atoms with van der Waals surface area (Å²) in [5, 5.41) is 0. The Morgan fingerprint density at radius 1 is 0.481 bits per heavy atom. The SMILES string of the molecule is C=C1/N=C(/c2ccc3c(c2)CCCC3)O/C=C\c2cc(N(c3ccc(-c4ccc(-c5ccccc5)cc4)cc3)c3ccccc3-c3ccccc3)ccc21. The fourth-order valence-corrected chi connectivity index (χ4v) is 7.72. The zero-order chi connectivity index (χ0) is 36.3. The van der Waals surface area contributed by atoms with E-state index in [2.05, 4.69) is 181 Å². The molecular formula is C51H40N2O. The van der Waals surface area contributed by atoms with E-state index in [9.17, 15) is 0 Å². The molecule has 7 aromatic rings. The molecule has 0 fully saturated rings. The van der Waals surface area contributed by atoms with Gasteiger partial charge in [0.05, 0.1) is 17.6 Å². The average molecular weight is 697 g/mol. The molecule has 54 heavy (non-hydrogen) atoms. The molecule has 0 unspecified atom stereocenters. The van der Waals surface area contributed by atoms with E-state index >= 15 is 0 Å². The summed E-state index contributed by atoms with van der Waals surface area (Å²) in [5.74, 6) is 0.576. The zero-order valence-corrected chi connectivity index (χ0v) is 30.2. The van der Waals surface area contributed by atoms with Crippen LogP contribution in [0.5, 0.6) is 0 Å². The van der Waals surface area contributed by atoms with Crippen molar-refractivity contribution in [3.05, 3.63) is 211 Å². The highest BCUT2D eigenvalue weighted by Crippen LogP contribution is 2.42. The van der Waals surface area contributed by atoms with E-state index in [1.807, 2.05) is 6.08 Å². The van der Waals surface area contributed by atoms with E-state index in [1.165, 1.54) is 40.7 Å². The van der Waals surface area contributed by atoms with Crippen LogP contribution in [0.15, 0.2) is 188 Å². The molecule has 0 atom stereocenters. The van der Waals surface area contributed by atoms with Crippen LogP contribution in [0.1, 0.15) is 40.7 Å². The highest BCUT2D eigenvalue weighted by Gasteiger charge is 2.20. The topological polar surface area (TPSA) is 24.8 Å². The Kier molecular flexibility index (Phi) is 9.04. The Hall–Kier alpha value is -6.71. The minimum atomic E-state index is 0.576. The van der Waals surface area contributed by atoms with E-state index in [-0.39, 0.29) is 0 Å². The lowest BCUT2D eigenvalue weighted by atomic mass is 9.90. The summed E-state index contributed by atoms with van der Waals surface area (Å²) in [7, 11) is 0. The van der Waals surface area contributed by atoms with Gasteiger partial charge in [0.1, 0.15) is 0 Å². The molecule has 1 aliphatic carbocycles. The molecule has 7 aromatic carbocycles. The number of hydrogen-bond acceptors (Lipinski definition) is 3. The molecule has 0 saturated heterocycles. The number of anilines is 3. The smallest absolute Gasteiger partial charge is 0.226 e. The number of hydrogen-bond donors (Lipinski definition) is 0. The Bertz CT molecular complexity index is 2510. The zero-order valence-electron chi connectivity index (χ0n) is 30.2. The van der Waals surface area contributed by atoms with Crippen molar-refractivity contribution in [2.24, 2.45) is 4.99 Å². The van der Waals surface area contributed by atoms with Gasteiger partial charge in [-0.3, -0.25) is 0 Å². The van der Waals surface area contributed by atoms with Crippen molar-refractivity contribution in [3.63, 3.8) is 0 Å². The van der Waals surface area contributed by atoms with Crippen molar-refractivity contribution in [2.45, 2.75) is 25.7 Å². The van der Waals surface area contributed by atoms with E-state index < -0.39 is 0 Å². The molecule has 3 nitrogen and oxygen atoms in total. The van der Waals surface area contributed by atoms with Crippen LogP contribution in [0.4, 0.5) is 17.1 Å². The minimum absolute atomic E-state index is 0.576. The predicted molar refractivity (Wildman–Crippen MR) is 226 cm³/mol. The molecule has 0 N–H and O–H groups in total. The number of rotatable bonds is 7. The van der Waals surface area contributed by atoms with Gasteiger partial charge in [0.15, 0.2) is 0 Å². The van der Waals surface area contributed by atoms with Gasteiger partial charge in [0.2, 0.25) is 5.90 Å². The Balaban J connectivity index is 1.09.